The summed E-state index contributed by atoms with van der Waals surface area (Å²) in [5.41, 5.74) is 1.04. The molecular weight excluding hydrogens is 264 g/mol. The van der Waals surface area contributed by atoms with Crippen molar-refractivity contribution in [2.75, 3.05) is 38.2 Å². The molecule has 2 heterocycles. The Morgan fingerprint density at radius 2 is 2.00 bits per heavy atom. The van der Waals surface area contributed by atoms with Gasteiger partial charge >= 0.3 is 0 Å². The maximum absolute atomic E-state index is 9.04. The molecule has 1 aliphatic heterocycles. The topological polar surface area (TPSA) is 52.5 Å². The van der Waals surface area contributed by atoms with E-state index in [4.69, 9.17) is 10.1 Å². The molecule has 0 radical (unpaired) electrons. The first kappa shape index (κ1) is 16.2. The summed E-state index contributed by atoms with van der Waals surface area (Å²) in [5, 5.41) is 9.04. The van der Waals surface area contributed by atoms with Gasteiger partial charge in [-0.3, -0.25) is 0 Å². The van der Waals surface area contributed by atoms with Gasteiger partial charge in [-0.1, -0.05) is 13.8 Å². The van der Waals surface area contributed by atoms with Crippen molar-refractivity contribution >= 4 is 5.82 Å². The fraction of sp³-hybridized carbons (Fsp3) is 0.750. The van der Waals surface area contributed by atoms with Gasteiger partial charge in [0, 0.05) is 43.4 Å². The molecular formula is C16H28N4O. The van der Waals surface area contributed by atoms with Crippen LogP contribution in [0.25, 0.3) is 0 Å². The molecule has 0 amide bonds. The molecule has 1 aliphatic rings. The van der Waals surface area contributed by atoms with Crippen molar-refractivity contribution in [3.8, 4) is 0 Å². The number of aliphatic hydroxyl groups is 1. The summed E-state index contributed by atoms with van der Waals surface area (Å²) >= 11 is 0. The molecule has 0 aliphatic carbocycles. The summed E-state index contributed by atoms with van der Waals surface area (Å²) in [7, 11) is 2.10. The number of hydrogen-bond donors (Lipinski definition) is 1. The van der Waals surface area contributed by atoms with Crippen LogP contribution in [0.2, 0.25) is 0 Å². The Balaban J connectivity index is 2.02. The van der Waals surface area contributed by atoms with Gasteiger partial charge in [0.15, 0.2) is 0 Å². The smallest absolute Gasteiger partial charge is 0.133 e. The van der Waals surface area contributed by atoms with E-state index < -0.39 is 0 Å². The summed E-state index contributed by atoms with van der Waals surface area (Å²) in [5.74, 6) is 2.36. The molecule has 0 aromatic carbocycles. The number of aromatic nitrogens is 2. The minimum atomic E-state index is 0.236. The number of hydrogen-bond acceptors (Lipinski definition) is 5. The van der Waals surface area contributed by atoms with Crippen LogP contribution < -0.4 is 4.90 Å². The van der Waals surface area contributed by atoms with Crippen LogP contribution in [-0.4, -0.2) is 59.3 Å². The van der Waals surface area contributed by atoms with Gasteiger partial charge < -0.3 is 14.9 Å². The molecule has 0 unspecified atom stereocenters. The third-order valence-electron chi connectivity index (χ3n) is 4.24. The van der Waals surface area contributed by atoms with Crippen LogP contribution in [0.1, 0.15) is 44.1 Å². The third-order valence-corrected chi connectivity index (χ3v) is 4.24. The van der Waals surface area contributed by atoms with Crippen molar-refractivity contribution in [3.63, 3.8) is 0 Å². The SMILES string of the molecule is Cc1cc(N2CCC(N(C)CCO)CC2)nc(C(C)C)n1. The summed E-state index contributed by atoms with van der Waals surface area (Å²) in [4.78, 5) is 13.9. The van der Waals surface area contributed by atoms with Gasteiger partial charge in [0.25, 0.3) is 0 Å². The van der Waals surface area contributed by atoms with Gasteiger partial charge in [-0.15, -0.1) is 0 Å². The van der Waals surface area contributed by atoms with Crippen LogP contribution in [-0.2, 0) is 0 Å². The third kappa shape index (κ3) is 4.14. The van der Waals surface area contributed by atoms with Gasteiger partial charge in [0.05, 0.1) is 6.61 Å². The number of piperidine rings is 1. The van der Waals surface area contributed by atoms with Crippen LogP contribution >= 0.6 is 0 Å². The maximum atomic E-state index is 9.04. The van der Waals surface area contributed by atoms with Crippen molar-refractivity contribution in [2.24, 2.45) is 0 Å². The molecule has 21 heavy (non-hydrogen) atoms. The molecule has 0 bridgehead atoms. The predicted molar refractivity (Wildman–Crippen MR) is 85.8 cm³/mol. The lowest BCUT2D eigenvalue weighted by Gasteiger charge is -2.37. The van der Waals surface area contributed by atoms with Crippen LogP contribution in [0.5, 0.6) is 0 Å². The first-order valence-corrected chi connectivity index (χ1v) is 7.93. The highest BCUT2D eigenvalue weighted by Crippen LogP contribution is 2.22. The van der Waals surface area contributed by atoms with Gasteiger partial charge in [-0.25, -0.2) is 9.97 Å². The van der Waals surface area contributed by atoms with Gasteiger partial charge in [-0.05, 0) is 26.8 Å². The zero-order valence-corrected chi connectivity index (χ0v) is 13.7. The number of likely N-dealkylation sites (N-methyl/N-ethyl adjacent to an activating group) is 1. The highest BCUT2D eigenvalue weighted by Gasteiger charge is 2.23. The highest BCUT2D eigenvalue weighted by molar-refractivity contribution is 5.40. The van der Waals surface area contributed by atoms with Crippen LogP contribution in [0.3, 0.4) is 0 Å². The van der Waals surface area contributed by atoms with E-state index in [1.807, 2.05) is 6.92 Å². The second-order valence-electron chi connectivity index (χ2n) is 6.30. The summed E-state index contributed by atoms with van der Waals surface area (Å²) in [6.07, 6.45) is 2.24. The lowest BCUT2D eigenvalue weighted by Crippen LogP contribution is -2.44. The fourth-order valence-corrected chi connectivity index (χ4v) is 2.87. The van der Waals surface area contributed by atoms with E-state index in [9.17, 15) is 0 Å². The normalized spacial score (nSPS) is 17.0. The molecule has 1 saturated heterocycles. The number of anilines is 1. The molecule has 5 heteroatoms. The van der Waals surface area contributed by atoms with E-state index >= 15 is 0 Å². The Morgan fingerprint density at radius 1 is 1.33 bits per heavy atom. The van der Waals surface area contributed by atoms with E-state index in [-0.39, 0.29) is 6.61 Å². The second-order valence-corrected chi connectivity index (χ2v) is 6.30. The zero-order chi connectivity index (χ0) is 15.4. The largest absolute Gasteiger partial charge is 0.395 e. The van der Waals surface area contributed by atoms with E-state index in [0.29, 0.717) is 12.0 Å². The molecule has 0 saturated carbocycles. The number of aliphatic hydroxyl groups excluding tert-OH is 1. The summed E-state index contributed by atoms with van der Waals surface area (Å²) < 4.78 is 0. The van der Waals surface area contributed by atoms with Gasteiger partial charge in [0.2, 0.25) is 0 Å². The average molecular weight is 292 g/mol. The van der Waals surface area contributed by atoms with Gasteiger partial charge in [0.1, 0.15) is 11.6 Å². The van der Waals surface area contributed by atoms with Crippen LogP contribution in [0, 0.1) is 6.92 Å². The molecule has 0 atom stereocenters. The fourth-order valence-electron chi connectivity index (χ4n) is 2.87. The minimum absolute atomic E-state index is 0.236. The number of nitrogens with zero attached hydrogens (tertiary/aromatic N) is 4. The molecule has 1 fully saturated rings. The first-order chi connectivity index (χ1) is 10.0. The maximum Gasteiger partial charge on any atom is 0.133 e. The zero-order valence-electron chi connectivity index (χ0n) is 13.7. The van der Waals surface area contributed by atoms with E-state index in [2.05, 4.69) is 41.7 Å². The second kappa shape index (κ2) is 7.18. The molecule has 5 nitrogen and oxygen atoms in total. The van der Waals surface area contributed by atoms with Crippen LogP contribution in [0.4, 0.5) is 5.82 Å². The van der Waals surface area contributed by atoms with Crippen molar-refractivity contribution < 1.29 is 5.11 Å². The van der Waals surface area contributed by atoms with E-state index in [1.165, 1.54) is 0 Å². The van der Waals surface area contributed by atoms with E-state index in [1.54, 1.807) is 0 Å². The quantitative estimate of drug-likeness (QED) is 0.897. The monoisotopic (exact) mass is 292 g/mol. The van der Waals surface area contributed by atoms with Crippen LogP contribution in [0.15, 0.2) is 6.07 Å². The molecule has 1 N–H and O–H groups in total. The number of aryl methyl sites for hydroxylation is 1. The summed E-state index contributed by atoms with van der Waals surface area (Å²) in [6, 6.07) is 2.66. The Labute approximate surface area is 128 Å². The standard InChI is InChI=1S/C16H28N4O/c1-12(2)16-17-13(3)11-15(18-16)20-7-5-14(6-8-20)19(4)9-10-21/h11-12,14,21H,5-10H2,1-4H3. The Hall–Kier alpha value is -1.20. The van der Waals surface area contributed by atoms with Gasteiger partial charge in [-0.2, -0.15) is 0 Å². The van der Waals surface area contributed by atoms with Crippen molar-refractivity contribution in [1.82, 2.24) is 14.9 Å². The first-order valence-electron chi connectivity index (χ1n) is 7.93. The van der Waals surface area contributed by atoms with Crippen molar-refractivity contribution in [3.05, 3.63) is 17.6 Å². The predicted octanol–water partition coefficient (Wildman–Crippen LogP) is 1.80. The number of rotatable bonds is 5. The van der Waals surface area contributed by atoms with E-state index in [0.717, 1.165) is 49.8 Å². The Bertz CT molecular complexity index is 456. The molecule has 2 rings (SSSR count). The minimum Gasteiger partial charge on any atom is -0.395 e. The lowest BCUT2D eigenvalue weighted by molar-refractivity contribution is 0.161. The molecule has 118 valence electrons. The average Bonchev–Trinajstić information content (AvgIpc) is 2.47. The Kier molecular flexibility index (Phi) is 5.53. The Morgan fingerprint density at radius 3 is 2.57 bits per heavy atom. The molecule has 1 aromatic heterocycles. The lowest BCUT2D eigenvalue weighted by atomic mass is 10.0. The van der Waals surface area contributed by atoms with Crippen molar-refractivity contribution in [2.45, 2.75) is 45.6 Å². The molecule has 0 spiro atoms. The highest BCUT2D eigenvalue weighted by atomic mass is 16.3. The summed E-state index contributed by atoms with van der Waals surface area (Å²) in [6.45, 7) is 9.35. The molecule has 1 aromatic rings. The van der Waals surface area contributed by atoms with Crippen molar-refractivity contribution in [1.29, 1.82) is 0 Å².